The van der Waals surface area contributed by atoms with E-state index in [9.17, 15) is 0 Å². The summed E-state index contributed by atoms with van der Waals surface area (Å²) in [6, 6.07) is 8.64. The summed E-state index contributed by atoms with van der Waals surface area (Å²) in [6.07, 6.45) is 5.11. The van der Waals surface area contributed by atoms with E-state index in [-0.39, 0.29) is 0 Å². The number of hydrogen-bond acceptors (Lipinski definition) is 4. The van der Waals surface area contributed by atoms with Gasteiger partial charge in [0.05, 0.1) is 5.52 Å². The maximum atomic E-state index is 5.87. The summed E-state index contributed by atoms with van der Waals surface area (Å²) in [7, 11) is 2.14. The number of aromatic nitrogens is 2. The van der Waals surface area contributed by atoms with Crippen LogP contribution in [0.2, 0.25) is 0 Å². The van der Waals surface area contributed by atoms with Crippen LogP contribution >= 0.6 is 0 Å². The number of benzene rings is 1. The van der Waals surface area contributed by atoms with Crippen molar-refractivity contribution in [3.63, 3.8) is 0 Å². The standard InChI is InChI=1S/C16H22N4/c1-11-6-5-7-12(10-11)20(2)15-13-8-3-4-9-14(13)18-16(17)19-15/h3-4,8-9,11-12H,5-7,10H2,1-2H3,(H2,17,18,19). The van der Waals surface area contributed by atoms with Crippen molar-refractivity contribution in [3.8, 4) is 0 Å². The second-order valence-corrected chi connectivity index (χ2v) is 5.96. The number of nitrogens with two attached hydrogens (primary N) is 1. The van der Waals surface area contributed by atoms with Gasteiger partial charge in [-0.25, -0.2) is 4.98 Å². The van der Waals surface area contributed by atoms with Crippen molar-refractivity contribution < 1.29 is 0 Å². The molecule has 1 aromatic carbocycles. The van der Waals surface area contributed by atoms with Gasteiger partial charge in [-0.1, -0.05) is 31.9 Å². The van der Waals surface area contributed by atoms with Crippen LogP contribution in [0.15, 0.2) is 24.3 Å². The van der Waals surface area contributed by atoms with Crippen molar-refractivity contribution in [2.75, 3.05) is 17.7 Å². The van der Waals surface area contributed by atoms with Crippen LogP contribution in [-0.2, 0) is 0 Å². The van der Waals surface area contributed by atoms with Crippen LogP contribution in [0.25, 0.3) is 10.9 Å². The minimum atomic E-state index is 0.356. The molecule has 4 heteroatoms. The molecule has 1 heterocycles. The van der Waals surface area contributed by atoms with Gasteiger partial charge >= 0.3 is 0 Å². The lowest BCUT2D eigenvalue weighted by atomic mass is 9.86. The summed E-state index contributed by atoms with van der Waals surface area (Å²) >= 11 is 0. The number of fused-ring (bicyclic) bond motifs is 1. The molecule has 1 aromatic heterocycles. The lowest BCUT2D eigenvalue weighted by molar-refractivity contribution is 0.336. The van der Waals surface area contributed by atoms with Gasteiger partial charge in [0.1, 0.15) is 5.82 Å². The molecular weight excluding hydrogens is 248 g/mol. The largest absolute Gasteiger partial charge is 0.368 e. The third-order valence-corrected chi connectivity index (χ3v) is 4.39. The summed E-state index contributed by atoms with van der Waals surface area (Å²) in [4.78, 5) is 11.1. The first-order chi connectivity index (χ1) is 9.65. The number of para-hydroxylation sites is 1. The van der Waals surface area contributed by atoms with Gasteiger partial charge in [-0.05, 0) is 30.9 Å². The molecule has 0 bridgehead atoms. The van der Waals surface area contributed by atoms with Crippen molar-refractivity contribution >= 4 is 22.7 Å². The number of rotatable bonds is 2. The number of nitrogens with zero attached hydrogens (tertiary/aromatic N) is 3. The quantitative estimate of drug-likeness (QED) is 0.910. The lowest BCUT2D eigenvalue weighted by Crippen LogP contribution is -2.36. The zero-order valence-electron chi connectivity index (χ0n) is 12.2. The number of nitrogen functional groups attached to an aromatic ring is 1. The lowest BCUT2D eigenvalue weighted by Gasteiger charge is -2.35. The van der Waals surface area contributed by atoms with E-state index >= 15 is 0 Å². The number of anilines is 2. The van der Waals surface area contributed by atoms with E-state index in [1.807, 2.05) is 18.2 Å². The second-order valence-electron chi connectivity index (χ2n) is 5.96. The van der Waals surface area contributed by atoms with Crippen molar-refractivity contribution in [2.24, 2.45) is 5.92 Å². The first-order valence-electron chi connectivity index (χ1n) is 7.40. The highest BCUT2D eigenvalue weighted by Gasteiger charge is 2.24. The third kappa shape index (κ3) is 2.42. The fraction of sp³-hybridized carbons (Fsp3) is 0.500. The summed E-state index contributed by atoms with van der Waals surface area (Å²) in [5, 5.41) is 1.09. The van der Waals surface area contributed by atoms with Crippen LogP contribution in [0.1, 0.15) is 32.6 Å². The third-order valence-electron chi connectivity index (χ3n) is 4.39. The molecule has 0 amide bonds. The van der Waals surface area contributed by atoms with Gasteiger partial charge in [0.25, 0.3) is 0 Å². The molecule has 1 saturated carbocycles. The summed E-state index contributed by atoms with van der Waals surface area (Å²) < 4.78 is 0. The van der Waals surface area contributed by atoms with Crippen LogP contribution in [0.3, 0.4) is 0 Å². The minimum Gasteiger partial charge on any atom is -0.368 e. The molecule has 2 N–H and O–H groups in total. The summed E-state index contributed by atoms with van der Waals surface area (Å²) in [5.74, 6) is 2.11. The Bertz CT molecular complexity index is 610. The van der Waals surface area contributed by atoms with Crippen LogP contribution in [-0.4, -0.2) is 23.1 Å². The Morgan fingerprint density at radius 1 is 1.20 bits per heavy atom. The van der Waals surface area contributed by atoms with Gasteiger partial charge < -0.3 is 10.6 Å². The maximum absolute atomic E-state index is 5.87. The first-order valence-corrected chi connectivity index (χ1v) is 7.40. The van der Waals surface area contributed by atoms with Gasteiger partial charge in [0.15, 0.2) is 0 Å². The van der Waals surface area contributed by atoms with Crippen LogP contribution in [0, 0.1) is 5.92 Å². The molecule has 2 unspecified atom stereocenters. The average molecular weight is 270 g/mol. The molecular formula is C16H22N4. The highest BCUT2D eigenvalue weighted by atomic mass is 15.2. The Balaban J connectivity index is 2.00. The van der Waals surface area contributed by atoms with Gasteiger partial charge in [0.2, 0.25) is 5.95 Å². The summed E-state index contributed by atoms with van der Waals surface area (Å²) in [5.41, 5.74) is 6.79. The molecule has 4 nitrogen and oxygen atoms in total. The number of hydrogen-bond donors (Lipinski definition) is 1. The molecule has 1 fully saturated rings. The van der Waals surface area contributed by atoms with Crippen molar-refractivity contribution in [2.45, 2.75) is 38.6 Å². The minimum absolute atomic E-state index is 0.356. The first kappa shape index (κ1) is 13.2. The normalized spacial score (nSPS) is 22.9. The highest BCUT2D eigenvalue weighted by Crippen LogP contribution is 2.32. The molecule has 0 spiro atoms. The summed E-state index contributed by atoms with van der Waals surface area (Å²) in [6.45, 7) is 2.34. The molecule has 0 radical (unpaired) electrons. The fourth-order valence-electron chi connectivity index (χ4n) is 3.27. The monoisotopic (exact) mass is 270 g/mol. The SMILES string of the molecule is CC1CCCC(N(C)c2nc(N)nc3ccccc23)C1. The van der Waals surface area contributed by atoms with Gasteiger partial charge in [0, 0.05) is 18.5 Å². The molecule has 1 aliphatic rings. The molecule has 2 atom stereocenters. The Morgan fingerprint density at radius 2 is 2.00 bits per heavy atom. The predicted molar refractivity (Wildman–Crippen MR) is 83.8 cm³/mol. The Labute approximate surface area is 120 Å². The van der Waals surface area contributed by atoms with E-state index < -0.39 is 0 Å². The van der Waals surface area contributed by atoms with Gasteiger partial charge in [-0.3, -0.25) is 0 Å². The van der Waals surface area contributed by atoms with Crippen LogP contribution < -0.4 is 10.6 Å². The predicted octanol–water partition coefficient (Wildman–Crippen LogP) is 3.23. The molecule has 106 valence electrons. The highest BCUT2D eigenvalue weighted by molar-refractivity contribution is 5.90. The smallest absolute Gasteiger partial charge is 0.222 e. The molecule has 20 heavy (non-hydrogen) atoms. The molecule has 1 aliphatic carbocycles. The Hall–Kier alpha value is -1.84. The average Bonchev–Trinajstić information content (AvgIpc) is 2.45. The molecule has 2 aromatic rings. The van der Waals surface area contributed by atoms with Crippen LogP contribution in [0.5, 0.6) is 0 Å². The fourth-order valence-corrected chi connectivity index (χ4v) is 3.27. The maximum Gasteiger partial charge on any atom is 0.222 e. The van der Waals surface area contributed by atoms with E-state index in [2.05, 4.69) is 34.9 Å². The van der Waals surface area contributed by atoms with Crippen molar-refractivity contribution in [1.82, 2.24) is 9.97 Å². The molecule has 0 saturated heterocycles. The topological polar surface area (TPSA) is 55.0 Å². The van der Waals surface area contributed by atoms with Gasteiger partial charge in [-0.2, -0.15) is 4.98 Å². The van der Waals surface area contributed by atoms with E-state index in [0.29, 0.717) is 12.0 Å². The Morgan fingerprint density at radius 3 is 2.80 bits per heavy atom. The zero-order chi connectivity index (χ0) is 14.1. The zero-order valence-corrected chi connectivity index (χ0v) is 12.2. The van der Waals surface area contributed by atoms with E-state index in [1.165, 1.54) is 25.7 Å². The molecule has 0 aliphatic heterocycles. The Kier molecular flexibility index (Phi) is 3.47. The van der Waals surface area contributed by atoms with E-state index in [4.69, 9.17) is 5.73 Å². The van der Waals surface area contributed by atoms with E-state index in [0.717, 1.165) is 22.6 Å². The van der Waals surface area contributed by atoms with E-state index in [1.54, 1.807) is 0 Å². The van der Waals surface area contributed by atoms with Crippen molar-refractivity contribution in [3.05, 3.63) is 24.3 Å². The van der Waals surface area contributed by atoms with Gasteiger partial charge in [-0.15, -0.1) is 0 Å². The van der Waals surface area contributed by atoms with Crippen LogP contribution in [0.4, 0.5) is 11.8 Å². The second kappa shape index (κ2) is 5.27. The van der Waals surface area contributed by atoms with Crippen molar-refractivity contribution in [1.29, 1.82) is 0 Å². The molecule has 3 rings (SSSR count).